The van der Waals surface area contributed by atoms with Crippen molar-refractivity contribution in [1.29, 1.82) is 0 Å². The van der Waals surface area contributed by atoms with Gasteiger partial charge in [0.2, 0.25) is 0 Å². The first-order valence-electron chi connectivity index (χ1n) is 5.54. The van der Waals surface area contributed by atoms with Gasteiger partial charge in [0.25, 0.3) is 5.69 Å². The van der Waals surface area contributed by atoms with Crippen LogP contribution in [-0.2, 0) is 12.8 Å². The van der Waals surface area contributed by atoms with Gasteiger partial charge in [0.15, 0.2) is 0 Å². The number of hydrogen-bond acceptors (Lipinski definition) is 3. The Kier molecular flexibility index (Phi) is 2.10. The number of non-ortho nitro benzene ring substituents is 1. The van der Waals surface area contributed by atoms with Crippen molar-refractivity contribution in [2.45, 2.75) is 12.8 Å². The van der Waals surface area contributed by atoms with E-state index in [1.54, 1.807) is 12.1 Å². The molecule has 90 valence electrons. The SMILES string of the molecule is O=C(O)c1ccc2c3c(ccc([N+](=O)[O-])c13)CC2. The minimum absolute atomic E-state index is 0.00389. The van der Waals surface area contributed by atoms with Gasteiger partial charge in [-0.2, -0.15) is 0 Å². The number of carboxylic acid groups (broad SMARTS) is 1. The Hall–Kier alpha value is -2.43. The molecule has 1 aliphatic carbocycles. The van der Waals surface area contributed by atoms with Crippen molar-refractivity contribution in [3.8, 4) is 0 Å². The highest BCUT2D eigenvalue weighted by molar-refractivity contribution is 6.10. The number of benzene rings is 2. The molecule has 1 N–H and O–H groups in total. The highest BCUT2D eigenvalue weighted by atomic mass is 16.6. The maximum Gasteiger partial charge on any atom is 0.336 e. The summed E-state index contributed by atoms with van der Waals surface area (Å²) in [7, 11) is 0. The summed E-state index contributed by atoms with van der Waals surface area (Å²) < 4.78 is 0. The normalized spacial score (nSPS) is 12.9. The standard InChI is InChI=1S/C13H9NO4/c15-13(16)9-5-3-7-1-2-8-4-6-10(14(17)18)12(9)11(7)8/h3-6H,1-2H2,(H,15,16). The van der Waals surface area contributed by atoms with E-state index in [2.05, 4.69) is 0 Å². The monoisotopic (exact) mass is 243 g/mol. The van der Waals surface area contributed by atoms with Crippen molar-refractivity contribution >= 4 is 22.4 Å². The highest BCUT2D eigenvalue weighted by Crippen LogP contribution is 2.38. The molecule has 0 heterocycles. The summed E-state index contributed by atoms with van der Waals surface area (Å²) >= 11 is 0. The summed E-state index contributed by atoms with van der Waals surface area (Å²) in [6, 6.07) is 6.34. The molecule has 0 saturated heterocycles. The van der Waals surface area contributed by atoms with Crippen LogP contribution in [0.15, 0.2) is 24.3 Å². The van der Waals surface area contributed by atoms with Gasteiger partial charge < -0.3 is 5.11 Å². The molecule has 5 heteroatoms. The summed E-state index contributed by atoms with van der Waals surface area (Å²) in [5.41, 5.74) is 1.86. The highest BCUT2D eigenvalue weighted by Gasteiger charge is 2.25. The molecule has 18 heavy (non-hydrogen) atoms. The molecule has 0 radical (unpaired) electrons. The smallest absolute Gasteiger partial charge is 0.336 e. The summed E-state index contributed by atoms with van der Waals surface area (Å²) in [5.74, 6) is -1.13. The van der Waals surface area contributed by atoms with Crippen molar-refractivity contribution in [2.24, 2.45) is 0 Å². The molecule has 5 nitrogen and oxygen atoms in total. The van der Waals surface area contributed by atoms with Crippen LogP contribution in [0.3, 0.4) is 0 Å². The van der Waals surface area contributed by atoms with Crippen LogP contribution in [0, 0.1) is 10.1 Å². The van der Waals surface area contributed by atoms with Crippen molar-refractivity contribution in [3.05, 3.63) is 51.1 Å². The lowest BCUT2D eigenvalue weighted by molar-refractivity contribution is -0.383. The van der Waals surface area contributed by atoms with Gasteiger partial charge in [-0.3, -0.25) is 10.1 Å². The van der Waals surface area contributed by atoms with E-state index >= 15 is 0 Å². The first-order valence-corrected chi connectivity index (χ1v) is 5.54. The molecule has 0 saturated carbocycles. The van der Waals surface area contributed by atoms with Crippen molar-refractivity contribution in [3.63, 3.8) is 0 Å². The van der Waals surface area contributed by atoms with Gasteiger partial charge in [-0.1, -0.05) is 12.1 Å². The Bertz CT molecular complexity index is 649. The zero-order valence-electron chi connectivity index (χ0n) is 9.34. The number of nitro benzene ring substituents is 1. The Morgan fingerprint density at radius 2 is 1.72 bits per heavy atom. The molecule has 0 fully saturated rings. The lowest BCUT2D eigenvalue weighted by Gasteiger charge is -2.06. The first-order chi connectivity index (χ1) is 8.59. The van der Waals surface area contributed by atoms with E-state index in [4.69, 9.17) is 5.11 Å². The van der Waals surface area contributed by atoms with Crippen molar-refractivity contribution < 1.29 is 14.8 Å². The fourth-order valence-electron chi connectivity index (χ4n) is 2.64. The average Bonchev–Trinajstić information content (AvgIpc) is 2.74. The number of hydrogen-bond donors (Lipinski definition) is 1. The Balaban J connectivity index is 2.53. The maximum atomic E-state index is 11.2. The molecule has 0 aliphatic heterocycles. The van der Waals surface area contributed by atoms with Gasteiger partial charge in [-0.05, 0) is 35.4 Å². The number of nitro groups is 1. The van der Waals surface area contributed by atoms with Crippen LogP contribution >= 0.6 is 0 Å². The molecule has 0 unspecified atom stereocenters. The summed E-state index contributed by atoms with van der Waals surface area (Å²) in [4.78, 5) is 21.7. The lowest BCUT2D eigenvalue weighted by atomic mass is 9.98. The molecule has 3 rings (SSSR count). The zero-order chi connectivity index (χ0) is 12.9. The molecule has 0 bridgehead atoms. The number of nitrogens with zero attached hydrogens (tertiary/aromatic N) is 1. The Morgan fingerprint density at radius 1 is 1.11 bits per heavy atom. The predicted molar refractivity (Wildman–Crippen MR) is 65.0 cm³/mol. The van der Waals surface area contributed by atoms with E-state index < -0.39 is 10.9 Å². The number of rotatable bonds is 2. The molecule has 0 aromatic heterocycles. The van der Waals surface area contributed by atoms with Crippen LogP contribution < -0.4 is 0 Å². The number of aromatic carboxylic acids is 1. The van der Waals surface area contributed by atoms with Crippen molar-refractivity contribution in [2.75, 3.05) is 0 Å². The topological polar surface area (TPSA) is 80.4 Å². The molecule has 0 spiro atoms. The van der Waals surface area contributed by atoms with Gasteiger partial charge in [0, 0.05) is 6.07 Å². The van der Waals surface area contributed by atoms with E-state index in [9.17, 15) is 14.9 Å². The fourth-order valence-corrected chi connectivity index (χ4v) is 2.64. The van der Waals surface area contributed by atoms with Crippen molar-refractivity contribution in [1.82, 2.24) is 0 Å². The molecule has 1 aliphatic rings. The largest absolute Gasteiger partial charge is 0.478 e. The molecule has 0 atom stereocenters. The number of carboxylic acids is 1. The second kappa shape index (κ2) is 3.53. The maximum absolute atomic E-state index is 11.2. The lowest BCUT2D eigenvalue weighted by Crippen LogP contribution is -2.01. The van der Waals surface area contributed by atoms with Gasteiger partial charge in [-0.15, -0.1) is 0 Å². The van der Waals surface area contributed by atoms with E-state index in [-0.39, 0.29) is 16.6 Å². The third kappa shape index (κ3) is 1.30. The molecule has 0 amide bonds. The van der Waals surface area contributed by atoms with Crippen LogP contribution in [0.4, 0.5) is 5.69 Å². The average molecular weight is 243 g/mol. The zero-order valence-corrected chi connectivity index (χ0v) is 9.34. The van der Waals surface area contributed by atoms with Crippen LogP contribution in [0.2, 0.25) is 0 Å². The first kappa shape index (κ1) is 10.7. The summed E-state index contributed by atoms with van der Waals surface area (Å²) in [6.07, 6.45) is 1.62. The molecule has 2 aromatic carbocycles. The van der Waals surface area contributed by atoms with Gasteiger partial charge in [0.1, 0.15) is 0 Å². The van der Waals surface area contributed by atoms with Crippen LogP contribution in [0.25, 0.3) is 10.8 Å². The summed E-state index contributed by atoms with van der Waals surface area (Å²) in [6.45, 7) is 0. The molecular weight excluding hydrogens is 234 g/mol. The fraction of sp³-hybridized carbons (Fsp3) is 0.154. The van der Waals surface area contributed by atoms with Crippen LogP contribution in [0.1, 0.15) is 21.5 Å². The number of aryl methyl sites for hydroxylation is 2. The third-order valence-electron chi connectivity index (χ3n) is 3.40. The Labute approximate surface area is 102 Å². The predicted octanol–water partition coefficient (Wildman–Crippen LogP) is 2.54. The molecule has 2 aromatic rings. The van der Waals surface area contributed by atoms with E-state index in [1.165, 1.54) is 12.1 Å². The van der Waals surface area contributed by atoms with Gasteiger partial charge in [0.05, 0.1) is 15.9 Å². The minimum Gasteiger partial charge on any atom is -0.478 e. The summed E-state index contributed by atoms with van der Waals surface area (Å²) in [5, 5.41) is 21.2. The quantitative estimate of drug-likeness (QED) is 0.649. The third-order valence-corrected chi connectivity index (χ3v) is 3.40. The van der Waals surface area contributed by atoms with Gasteiger partial charge >= 0.3 is 5.97 Å². The second-order valence-corrected chi connectivity index (χ2v) is 4.33. The van der Waals surface area contributed by atoms with Crippen LogP contribution in [-0.4, -0.2) is 16.0 Å². The van der Waals surface area contributed by atoms with E-state index in [0.717, 1.165) is 29.4 Å². The number of carbonyl (C=O) groups is 1. The van der Waals surface area contributed by atoms with E-state index in [0.29, 0.717) is 0 Å². The van der Waals surface area contributed by atoms with Gasteiger partial charge in [-0.25, -0.2) is 4.79 Å². The minimum atomic E-state index is -1.13. The second-order valence-electron chi connectivity index (χ2n) is 4.33. The van der Waals surface area contributed by atoms with Crippen LogP contribution in [0.5, 0.6) is 0 Å². The van der Waals surface area contributed by atoms with E-state index in [1.807, 2.05) is 0 Å². The molecular formula is C13H9NO4. The Morgan fingerprint density at radius 3 is 2.28 bits per heavy atom.